The van der Waals surface area contributed by atoms with Crippen molar-refractivity contribution in [3.8, 4) is 0 Å². The standard InChI is InChI=1S/C15H22N8O/c1-15(2,3)13-18-19-20-23(13)11-12(24)21-7-9-22(10-8-21)14-16-5-4-6-17-14/h4-6H,7-11H2,1-3H3. The fraction of sp³-hybridized carbons (Fsp3) is 0.600. The van der Waals surface area contributed by atoms with E-state index in [4.69, 9.17) is 0 Å². The molecule has 0 aromatic carbocycles. The Morgan fingerprint density at radius 1 is 1.12 bits per heavy atom. The molecule has 9 heteroatoms. The predicted octanol–water partition coefficient (Wildman–Crippen LogP) is 0.109. The molecular weight excluding hydrogens is 308 g/mol. The van der Waals surface area contributed by atoms with E-state index in [0.717, 1.165) is 13.1 Å². The Morgan fingerprint density at radius 2 is 1.79 bits per heavy atom. The lowest BCUT2D eigenvalue weighted by Gasteiger charge is -2.34. The highest BCUT2D eigenvalue weighted by molar-refractivity contribution is 5.76. The summed E-state index contributed by atoms with van der Waals surface area (Å²) in [5.41, 5.74) is -0.201. The maximum atomic E-state index is 12.5. The van der Waals surface area contributed by atoms with Crippen molar-refractivity contribution in [3.05, 3.63) is 24.3 Å². The first-order valence-corrected chi connectivity index (χ1v) is 8.01. The van der Waals surface area contributed by atoms with Gasteiger partial charge in [0.05, 0.1) is 0 Å². The summed E-state index contributed by atoms with van der Waals surface area (Å²) in [5, 5.41) is 11.7. The zero-order chi connectivity index (χ0) is 17.2. The topological polar surface area (TPSA) is 92.9 Å². The molecule has 3 rings (SSSR count). The summed E-state index contributed by atoms with van der Waals surface area (Å²) in [7, 11) is 0. The van der Waals surface area contributed by atoms with E-state index in [0.29, 0.717) is 24.9 Å². The first-order valence-electron chi connectivity index (χ1n) is 8.01. The maximum absolute atomic E-state index is 12.5. The minimum absolute atomic E-state index is 0.0291. The van der Waals surface area contributed by atoms with Crippen LogP contribution in [-0.2, 0) is 16.8 Å². The molecule has 0 spiro atoms. The van der Waals surface area contributed by atoms with Crippen LogP contribution in [0.4, 0.5) is 5.95 Å². The Kier molecular flexibility index (Phi) is 4.41. The molecule has 0 radical (unpaired) electrons. The summed E-state index contributed by atoms with van der Waals surface area (Å²) in [4.78, 5) is 25.0. The molecule has 2 aromatic rings. The van der Waals surface area contributed by atoms with Gasteiger partial charge >= 0.3 is 0 Å². The molecule has 0 unspecified atom stereocenters. The highest BCUT2D eigenvalue weighted by Crippen LogP contribution is 2.18. The molecule has 1 fully saturated rings. The first-order chi connectivity index (χ1) is 11.4. The second-order valence-corrected chi connectivity index (χ2v) is 6.83. The van der Waals surface area contributed by atoms with Crippen LogP contribution in [0.2, 0.25) is 0 Å². The van der Waals surface area contributed by atoms with Gasteiger partial charge in [-0.25, -0.2) is 14.6 Å². The van der Waals surface area contributed by atoms with E-state index in [2.05, 4.69) is 30.4 Å². The molecule has 2 aromatic heterocycles. The molecule has 1 amide bonds. The van der Waals surface area contributed by atoms with Gasteiger partial charge < -0.3 is 9.80 Å². The van der Waals surface area contributed by atoms with Crippen molar-refractivity contribution in [1.82, 2.24) is 35.1 Å². The van der Waals surface area contributed by atoms with E-state index in [9.17, 15) is 4.79 Å². The van der Waals surface area contributed by atoms with Crippen molar-refractivity contribution < 1.29 is 4.79 Å². The zero-order valence-electron chi connectivity index (χ0n) is 14.3. The van der Waals surface area contributed by atoms with Crippen LogP contribution in [0.5, 0.6) is 0 Å². The van der Waals surface area contributed by atoms with E-state index < -0.39 is 0 Å². The van der Waals surface area contributed by atoms with Crippen LogP contribution in [0.25, 0.3) is 0 Å². The summed E-state index contributed by atoms with van der Waals surface area (Å²) in [6, 6.07) is 1.79. The molecule has 1 aliphatic heterocycles. The average molecular weight is 330 g/mol. The highest BCUT2D eigenvalue weighted by atomic mass is 16.2. The SMILES string of the molecule is CC(C)(C)c1nnnn1CC(=O)N1CCN(c2ncccn2)CC1. The number of nitrogens with zero attached hydrogens (tertiary/aromatic N) is 8. The first kappa shape index (κ1) is 16.3. The number of piperazine rings is 1. The van der Waals surface area contributed by atoms with Gasteiger partial charge in [0, 0.05) is 44.0 Å². The number of aromatic nitrogens is 6. The van der Waals surface area contributed by atoms with Crippen LogP contribution in [0.3, 0.4) is 0 Å². The summed E-state index contributed by atoms with van der Waals surface area (Å²) in [6.45, 7) is 8.97. The van der Waals surface area contributed by atoms with Crippen LogP contribution in [0.15, 0.2) is 18.5 Å². The third-order valence-corrected chi connectivity index (χ3v) is 3.96. The van der Waals surface area contributed by atoms with Crippen LogP contribution >= 0.6 is 0 Å². The summed E-state index contributed by atoms with van der Waals surface area (Å²) in [5.74, 6) is 1.45. The number of tetrazole rings is 1. The van der Waals surface area contributed by atoms with E-state index >= 15 is 0 Å². The fourth-order valence-corrected chi connectivity index (χ4v) is 2.69. The Hall–Kier alpha value is -2.58. The zero-order valence-corrected chi connectivity index (χ0v) is 14.3. The lowest BCUT2D eigenvalue weighted by atomic mass is 9.96. The van der Waals surface area contributed by atoms with Gasteiger partial charge in [0.2, 0.25) is 11.9 Å². The van der Waals surface area contributed by atoms with Crippen molar-refractivity contribution in [1.29, 1.82) is 0 Å². The van der Waals surface area contributed by atoms with Crippen LogP contribution in [0.1, 0.15) is 26.6 Å². The highest BCUT2D eigenvalue weighted by Gasteiger charge is 2.26. The molecule has 1 saturated heterocycles. The Labute approximate surface area is 140 Å². The molecule has 0 N–H and O–H groups in total. The Bertz CT molecular complexity index is 685. The third kappa shape index (κ3) is 3.50. The van der Waals surface area contributed by atoms with Gasteiger partial charge in [0.1, 0.15) is 6.54 Å². The lowest BCUT2D eigenvalue weighted by Crippen LogP contribution is -2.50. The van der Waals surface area contributed by atoms with Crippen molar-refractivity contribution in [2.45, 2.75) is 32.7 Å². The molecule has 128 valence electrons. The van der Waals surface area contributed by atoms with E-state index in [1.165, 1.54) is 0 Å². The Balaban J connectivity index is 1.59. The molecule has 0 aliphatic carbocycles. The van der Waals surface area contributed by atoms with Gasteiger partial charge in [-0.15, -0.1) is 5.10 Å². The maximum Gasteiger partial charge on any atom is 0.244 e. The lowest BCUT2D eigenvalue weighted by molar-refractivity contribution is -0.132. The summed E-state index contributed by atoms with van der Waals surface area (Å²) >= 11 is 0. The van der Waals surface area contributed by atoms with Crippen molar-refractivity contribution >= 4 is 11.9 Å². The fourth-order valence-electron chi connectivity index (χ4n) is 2.69. The number of rotatable bonds is 3. The van der Waals surface area contributed by atoms with Crippen molar-refractivity contribution in [2.24, 2.45) is 0 Å². The van der Waals surface area contributed by atoms with E-state index in [1.807, 2.05) is 25.7 Å². The minimum atomic E-state index is -0.201. The molecular formula is C15H22N8O. The number of carbonyl (C=O) groups is 1. The smallest absolute Gasteiger partial charge is 0.244 e. The summed E-state index contributed by atoms with van der Waals surface area (Å²) in [6.07, 6.45) is 3.46. The third-order valence-electron chi connectivity index (χ3n) is 3.96. The quantitative estimate of drug-likeness (QED) is 0.788. The monoisotopic (exact) mass is 330 g/mol. The van der Waals surface area contributed by atoms with Gasteiger partial charge in [-0.05, 0) is 16.5 Å². The molecule has 24 heavy (non-hydrogen) atoms. The second-order valence-electron chi connectivity index (χ2n) is 6.83. The van der Waals surface area contributed by atoms with E-state index in [1.54, 1.807) is 23.1 Å². The largest absolute Gasteiger partial charge is 0.338 e. The van der Waals surface area contributed by atoms with Crippen LogP contribution in [0, 0.1) is 0 Å². The predicted molar refractivity (Wildman–Crippen MR) is 87.3 cm³/mol. The average Bonchev–Trinajstić information content (AvgIpc) is 3.04. The summed E-state index contributed by atoms with van der Waals surface area (Å²) < 4.78 is 1.59. The molecule has 3 heterocycles. The number of carbonyl (C=O) groups excluding carboxylic acids is 1. The minimum Gasteiger partial charge on any atom is -0.338 e. The number of anilines is 1. The normalized spacial score (nSPS) is 15.6. The molecule has 0 atom stereocenters. The number of hydrogen-bond donors (Lipinski definition) is 0. The van der Waals surface area contributed by atoms with Gasteiger partial charge in [-0.2, -0.15) is 0 Å². The molecule has 1 aliphatic rings. The van der Waals surface area contributed by atoms with Gasteiger partial charge in [0.25, 0.3) is 0 Å². The van der Waals surface area contributed by atoms with Crippen molar-refractivity contribution in [2.75, 3.05) is 31.1 Å². The van der Waals surface area contributed by atoms with Crippen molar-refractivity contribution in [3.63, 3.8) is 0 Å². The number of amides is 1. The van der Waals surface area contributed by atoms with Crippen LogP contribution in [-0.4, -0.2) is 67.2 Å². The van der Waals surface area contributed by atoms with Gasteiger partial charge in [0.15, 0.2) is 5.82 Å². The molecule has 0 saturated carbocycles. The number of hydrogen-bond acceptors (Lipinski definition) is 7. The van der Waals surface area contributed by atoms with Crippen LogP contribution < -0.4 is 4.90 Å². The van der Waals surface area contributed by atoms with Gasteiger partial charge in [-0.1, -0.05) is 20.8 Å². The second kappa shape index (κ2) is 6.50. The van der Waals surface area contributed by atoms with E-state index in [-0.39, 0.29) is 17.9 Å². The Morgan fingerprint density at radius 3 is 2.42 bits per heavy atom. The van der Waals surface area contributed by atoms with Gasteiger partial charge in [-0.3, -0.25) is 4.79 Å². The molecule has 0 bridgehead atoms. The molecule has 9 nitrogen and oxygen atoms in total.